The van der Waals surface area contributed by atoms with E-state index in [1.165, 1.54) is 0 Å². The Balaban J connectivity index is 1.89. The van der Waals surface area contributed by atoms with Crippen molar-refractivity contribution >= 4 is 29.3 Å². The van der Waals surface area contributed by atoms with Crippen LogP contribution in [0.4, 0.5) is 5.95 Å². The van der Waals surface area contributed by atoms with E-state index >= 15 is 0 Å². The molecule has 1 atom stereocenters. The summed E-state index contributed by atoms with van der Waals surface area (Å²) in [5.74, 6) is 2.23. The van der Waals surface area contributed by atoms with Gasteiger partial charge in [-0.15, -0.1) is 0 Å². The van der Waals surface area contributed by atoms with Crippen LogP contribution < -0.4 is 4.90 Å². The van der Waals surface area contributed by atoms with Crippen LogP contribution in [0.1, 0.15) is 13.3 Å². The highest BCUT2D eigenvalue weighted by Gasteiger charge is 2.22. The number of aromatic nitrogens is 5. The molecule has 0 spiro atoms. The highest BCUT2D eigenvalue weighted by Crippen LogP contribution is 2.24. The second kappa shape index (κ2) is 5.97. The summed E-state index contributed by atoms with van der Waals surface area (Å²) in [4.78, 5) is 19.1. The maximum atomic E-state index is 6.03. The number of halogens is 1. The van der Waals surface area contributed by atoms with Gasteiger partial charge in [0.2, 0.25) is 17.2 Å². The van der Waals surface area contributed by atoms with Gasteiger partial charge in [0.25, 0.3) is 0 Å². The van der Waals surface area contributed by atoms with Crippen molar-refractivity contribution in [2.24, 2.45) is 0 Å². The maximum Gasteiger partial charge on any atom is 0.241 e. The molecule has 1 aliphatic rings. The molecule has 1 fully saturated rings. The molecule has 0 N–H and O–H groups in total. The normalized spacial score (nSPS) is 19.3. The lowest BCUT2D eigenvalue weighted by molar-refractivity contribution is 0.703. The van der Waals surface area contributed by atoms with Crippen LogP contribution in [0, 0.1) is 0 Å². The van der Waals surface area contributed by atoms with Crippen LogP contribution in [0.5, 0.6) is 0 Å². The van der Waals surface area contributed by atoms with E-state index in [1.54, 1.807) is 23.3 Å². The first-order valence-corrected chi connectivity index (χ1v) is 7.95. The SMILES string of the molecule is CCC1CN(c2nc(Cl)nc(-n3ccnc3)n2)CCS1. The predicted octanol–water partition coefficient (Wildman–Crippen LogP) is 2.04. The molecule has 2 aromatic heterocycles. The summed E-state index contributed by atoms with van der Waals surface area (Å²) in [7, 11) is 0. The molecular weight excluding hydrogens is 296 g/mol. The van der Waals surface area contributed by atoms with Crippen molar-refractivity contribution in [1.82, 2.24) is 24.5 Å². The van der Waals surface area contributed by atoms with E-state index in [0.717, 1.165) is 25.3 Å². The van der Waals surface area contributed by atoms with Crippen LogP contribution in [0.15, 0.2) is 18.7 Å². The second-order valence-electron chi connectivity index (χ2n) is 4.52. The molecule has 0 saturated carbocycles. The Hall–Kier alpha value is -1.34. The van der Waals surface area contributed by atoms with Gasteiger partial charge < -0.3 is 4.90 Å². The largest absolute Gasteiger partial charge is 0.339 e. The molecule has 6 nitrogen and oxygen atoms in total. The zero-order valence-corrected chi connectivity index (χ0v) is 12.7. The number of imidazole rings is 1. The minimum absolute atomic E-state index is 0.213. The van der Waals surface area contributed by atoms with E-state index in [9.17, 15) is 0 Å². The average molecular weight is 311 g/mol. The van der Waals surface area contributed by atoms with Gasteiger partial charge in [-0.05, 0) is 18.0 Å². The molecule has 1 unspecified atom stereocenters. The molecular formula is C12H15ClN6S. The van der Waals surface area contributed by atoms with Crippen LogP contribution in [0.2, 0.25) is 5.28 Å². The number of nitrogens with zero attached hydrogens (tertiary/aromatic N) is 6. The number of hydrogen-bond acceptors (Lipinski definition) is 6. The molecule has 0 radical (unpaired) electrons. The van der Waals surface area contributed by atoms with E-state index in [-0.39, 0.29) is 5.28 Å². The zero-order valence-electron chi connectivity index (χ0n) is 11.1. The number of hydrogen-bond donors (Lipinski definition) is 0. The summed E-state index contributed by atoms with van der Waals surface area (Å²) >= 11 is 8.04. The fourth-order valence-electron chi connectivity index (χ4n) is 2.11. The van der Waals surface area contributed by atoms with Gasteiger partial charge in [-0.2, -0.15) is 26.7 Å². The Morgan fingerprint density at radius 3 is 2.95 bits per heavy atom. The van der Waals surface area contributed by atoms with E-state index in [4.69, 9.17) is 11.6 Å². The van der Waals surface area contributed by atoms with Crippen molar-refractivity contribution < 1.29 is 0 Å². The highest BCUT2D eigenvalue weighted by molar-refractivity contribution is 8.00. The van der Waals surface area contributed by atoms with Gasteiger partial charge in [0.05, 0.1) is 0 Å². The first kappa shape index (κ1) is 13.6. The Morgan fingerprint density at radius 1 is 1.35 bits per heavy atom. The van der Waals surface area contributed by atoms with Crippen LogP contribution in [-0.4, -0.2) is 48.6 Å². The minimum Gasteiger partial charge on any atom is -0.339 e. The van der Waals surface area contributed by atoms with Gasteiger partial charge >= 0.3 is 0 Å². The summed E-state index contributed by atoms with van der Waals surface area (Å²) in [5.41, 5.74) is 0. The van der Waals surface area contributed by atoms with Gasteiger partial charge in [-0.1, -0.05) is 6.92 Å². The molecule has 106 valence electrons. The fraction of sp³-hybridized carbons (Fsp3) is 0.500. The van der Waals surface area contributed by atoms with Crippen LogP contribution in [0.3, 0.4) is 0 Å². The third-order valence-corrected chi connectivity index (χ3v) is 4.74. The summed E-state index contributed by atoms with van der Waals surface area (Å²) in [6, 6.07) is 0. The molecule has 2 aromatic rings. The third kappa shape index (κ3) is 2.88. The minimum atomic E-state index is 0.213. The highest BCUT2D eigenvalue weighted by atomic mass is 35.5. The number of thioether (sulfide) groups is 1. The molecule has 0 amide bonds. The molecule has 20 heavy (non-hydrogen) atoms. The van der Waals surface area contributed by atoms with Crippen LogP contribution in [0.25, 0.3) is 5.95 Å². The van der Waals surface area contributed by atoms with Gasteiger partial charge in [-0.25, -0.2) is 4.98 Å². The van der Waals surface area contributed by atoms with Gasteiger partial charge in [0.15, 0.2) is 0 Å². The summed E-state index contributed by atoms with van der Waals surface area (Å²) < 4.78 is 1.73. The molecule has 1 saturated heterocycles. The smallest absolute Gasteiger partial charge is 0.241 e. The molecule has 0 aliphatic carbocycles. The van der Waals surface area contributed by atoms with E-state index in [2.05, 4.69) is 31.8 Å². The van der Waals surface area contributed by atoms with Crippen LogP contribution >= 0.6 is 23.4 Å². The van der Waals surface area contributed by atoms with Crippen molar-refractivity contribution in [3.8, 4) is 5.95 Å². The van der Waals surface area contributed by atoms with Gasteiger partial charge in [0, 0.05) is 36.5 Å². The maximum absolute atomic E-state index is 6.03. The van der Waals surface area contributed by atoms with Gasteiger partial charge in [-0.3, -0.25) is 4.57 Å². The molecule has 3 heterocycles. The van der Waals surface area contributed by atoms with E-state index in [0.29, 0.717) is 17.1 Å². The van der Waals surface area contributed by atoms with Crippen molar-refractivity contribution in [3.05, 3.63) is 24.0 Å². The standard InChI is InChI=1S/C12H15ClN6S/c1-2-9-7-18(5-6-20-9)11-15-10(13)16-12(17-11)19-4-3-14-8-19/h3-4,8-9H,2,5-7H2,1H3. The third-order valence-electron chi connectivity index (χ3n) is 3.20. The monoisotopic (exact) mass is 310 g/mol. The lowest BCUT2D eigenvalue weighted by Gasteiger charge is -2.31. The Bertz CT molecular complexity index is 575. The molecule has 1 aliphatic heterocycles. The fourth-order valence-corrected chi connectivity index (χ4v) is 3.44. The van der Waals surface area contributed by atoms with Gasteiger partial charge in [0.1, 0.15) is 6.33 Å². The van der Waals surface area contributed by atoms with Crippen molar-refractivity contribution in [2.75, 3.05) is 23.7 Å². The first-order valence-electron chi connectivity index (χ1n) is 6.52. The molecule has 3 rings (SSSR count). The predicted molar refractivity (Wildman–Crippen MR) is 80.7 cm³/mol. The van der Waals surface area contributed by atoms with Crippen molar-refractivity contribution in [3.63, 3.8) is 0 Å². The van der Waals surface area contributed by atoms with Crippen LogP contribution in [-0.2, 0) is 0 Å². The summed E-state index contributed by atoms with van der Waals surface area (Å²) in [6.07, 6.45) is 6.27. The van der Waals surface area contributed by atoms with E-state index in [1.807, 2.05) is 11.8 Å². The van der Waals surface area contributed by atoms with Crippen molar-refractivity contribution in [2.45, 2.75) is 18.6 Å². The summed E-state index contributed by atoms with van der Waals surface area (Å²) in [6.45, 7) is 4.09. The molecule has 8 heteroatoms. The van der Waals surface area contributed by atoms with E-state index < -0.39 is 0 Å². The second-order valence-corrected chi connectivity index (χ2v) is 6.27. The topological polar surface area (TPSA) is 59.7 Å². The first-order chi connectivity index (χ1) is 9.76. The molecule has 0 bridgehead atoms. The number of anilines is 1. The Kier molecular flexibility index (Phi) is 4.07. The summed E-state index contributed by atoms with van der Waals surface area (Å²) in [5, 5.41) is 0.834. The lowest BCUT2D eigenvalue weighted by Crippen LogP contribution is -2.38. The molecule has 0 aromatic carbocycles. The number of rotatable bonds is 3. The Morgan fingerprint density at radius 2 is 2.20 bits per heavy atom. The Labute approximate surface area is 126 Å². The quantitative estimate of drug-likeness (QED) is 0.864. The van der Waals surface area contributed by atoms with Crippen molar-refractivity contribution in [1.29, 1.82) is 0 Å². The lowest BCUT2D eigenvalue weighted by atomic mass is 10.3. The average Bonchev–Trinajstić information content (AvgIpc) is 3.01. The zero-order chi connectivity index (χ0) is 13.9.